The molecule has 9 heteroatoms. The van der Waals surface area contributed by atoms with Crippen LogP contribution in [0.5, 0.6) is 5.75 Å². The van der Waals surface area contributed by atoms with Gasteiger partial charge in [-0.05, 0) is 12.1 Å². The van der Waals surface area contributed by atoms with E-state index in [-0.39, 0.29) is 5.56 Å². The Balaban J connectivity index is 1.65. The summed E-state index contributed by atoms with van der Waals surface area (Å²) in [6.45, 7) is 4.40. The van der Waals surface area contributed by atoms with Crippen molar-refractivity contribution in [3.05, 3.63) is 70.6 Å². The Bertz CT molecular complexity index is 1190. The summed E-state index contributed by atoms with van der Waals surface area (Å²) in [5.41, 5.74) is 1.50. The van der Waals surface area contributed by atoms with Crippen molar-refractivity contribution in [2.75, 3.05) is 7.11 Å². The van der Waals surface area contributed by atoms with Gasteiger partial charge in [0.1, 0.15) is 5.75 Å². The van der Waals surface area contributed by atoms with E-state index in [4.69, 9.17) is 4.74 Å². The van der Waals surface area contributed by atoms with Gasteiger partial charge in [-0.3, -0.25) is 13.8 Å². The van der Waals surface area contributed by atoms with Crippen LogP contribution >= 0.6 is 23.1 Å². The first-order chi connectivity index (χ1) is 13.7. The van der Waals surface area contributed by atoms with Crippen molar-refractivity contribution in [3.8, 4) is 17.1 Å². The molecule has 3 heterocycles. The highest BCUT2D eigenvalue weighted by Crippen LogP contribution is 2.31. The van der Waals surface area contributed by atoms with Crippen LogP contribution in [-0.4, -0.2) is 31.3 Å². The molecule has 0 aliphatic rings. The normalized spacial score (nSPS) is 11.0. The Labute approximate surface area is 169 Å². The molecule has 0 radical (unpaired) electrons. The van der Waals surface area contributed by atoms with Crippen molar-refractivity contribution in [2.24, 2.45) is 0 Å². The van der Waals surface area contributed by atoms with Crippen LogP contribution in [0.4, 0.5) is 0 Å². The fourth-order valence-corrected chi connectivity index (χ4v) is 4.40. The Hall–Kier alpha value is -2.91. The van der Waals surface area contributed by atoms with Gasteiger partial charge in [0.25, 0.3) is 5.56 Å². The highest BCUT2D eigenvalue weighted by atomic mass is 32.2. The smallest absolute Gasteiger partial charge is 0.258 e. The lowest BCUT2D eigenvalue weighted by atomic mass is 10.2. The first-order valence-electron chi connectivity index (χ1n) is 8.47. The molecule has 3 aromatic heterocycles. The first kappa shape index (κ1) is 18.5. The Morgan fingerprint density at radius 2 is 2.18 bits per heavy atom. The number of thiazole rings is 1. The third kappa shape index (κ3) is 3.46. The topological polar surface area (TPSA) is 74.3 Å². The second-order valence-electron chi connectivity index (χ2n) is 5.84. The molecule has 0 aliphatic heterocycles. The summed E-state index contributed by atoms with van der Waals surface area (Å²) in [5, 5.41) is 11.3. The number of hydrogen-bond acceptors (Lipinski definition) is 7. The zero-order valence-corrected chi connectivity index (χ0v) is 16.7. The second-order valence-corrected chi connectivity index (χ2v) is 7.65. The summed E-state index contributed by atoms with van der Waals surface area (Å²) in [5.74, 6) is 1.96. The number of fused-ring (bicyclic) bond motifs is 1. The number of aromatic nitrogens is 5. The van der Waals surface area contributed by atoms with E-state index >= 15 is 0 Å². The quantitative estimate of drug-likeness (QED) is 0.342. The van der Waals surface area contributed by atoms with E-state index < -0.39 is 0 Å². The molecule has 0 bridgehead atoms. The van der Waals surface area contributed by atoms with Gasteiger partial charge < -0.3 is 4.74 Å². The summed E-state index contributed by atoms with van der Waals surface area (Å²) in [6, 6.07) is 9.25. The third-order valence-electron chi connectivity index (χ3n) is 4.08. The Kier molecular flexibility index (Phi) is 5.27. The van der Waals surface area contributed by atoms with Crippen molar-refractivity contribution in [1.82, 2.24) is 24.1 Å². The van der Waals surface area contributed by atoms with E-state index in [1.54, 1.807) is 29.8 Å². The van der Waals surface area contributed by atoms with E-state index in [1.807, 2.05) is 34.2 Å². The van der Waals surface area contributed by atoms with E-state index in [0.717, 1.165) is 16.5 Å². The van der Waals surface area contributed by atoms with Crippen molar-refractivity contribution >= 4 is 28.1 Å². The van der Waals surface area contributed by atoms with Crippen LogP contribution in [-0.2, 0) is 12.3 Å². The maximum atomic E-state index is 12.2. The third-order valence-corrected chi connectivity index (χ3v) is 5.84. The van der Waals surface area contributed by atoms with E-state index in [1.165, 1.54) is 23.1 Å². The van der Waals surface area contributed by atoms with Gasteiger partial charge in [0.2, 0.25) is 0 Å². The van der Waals surface area contributed by atoms with Crippen LogP contribution in [0.25, 0.3) is 16.3 Å². The zero-order valence-electron chi connectivity index (χ0n) is 15.1. The van der Waals surface area contributed by atoms with E-state index in [9.17, 15) is 4.79 Å². The SMILES string of the molecule is C=CCn1c(SCc2cc(=O)n3ccsc3n2)nnc1-c1ccccc1OC. The lowest BCUT2D eigenvalue weighted by molar-refractivity contribution is 0.416. The standard InChI is InChI=1S/C19H17N5O2S2/c1-3-8-24-17(14-6-4-5-7-15(14)26-2)21-22-19(24)28-12-13-11-16(25)23-9-10-27-18(23)20-13/h3-7,9-11H,1,8,12H2,2H3. The van der Waals surface area contributed by atoms with Crippen LogP contribution in [0, 0.1) is 0 Å². The van der Waals surface area contributed by atoms with Gasteiger partial charge in [-0.15, -0.1) is 28.1 Å². The van der Waals surface area contributed by atoms with Crippen LogP contribution in [0.1, 0.15) is 5.69 Å². The lowest BCUT2D eigenvalue weighted by Gasteiger charge is -2.10. The molecule has 0 N–H and O–H groups in total. The zero-order chi connectivity index (χ0) is 19.5. The van der Waals surface area contributed by atoms with Gasteiger partial charge in [-0.25, -0.2) is 4.98 Å². The highest BCUT2D eigenvalue weighted by molar-refractivity contribution is 7.98. The summed E-state index contributed by atoms with van der Waals surface area (Å²) in [7, 11) is 1.63. The fourth-order valence-electron chi connectivity index (χ4n) is 2.82. The fraction of sp³-hybridized carbons (Fsp3) is 0.158. The number of rotatable bonds is 7. The van der Waals surface area contributed by atoms with Crippen molar-refractivity contribution in [1.29, 1.82) is 0 Å². The Morgan fingerprint density at radius 3 is 3.00 bits per heavy atom. The number of para-hydroxylation sites is 1. The van der Waals surface area contributed by atoms with Gasteiger partial charge in [-0.2, -0.15) is 0 Å². The van der Waals surface area contributed by atoms with Crippen molar-refractivity contribution < 1.29 is 4.74 Å². The molecule has 0 saturated carbocycles. The summed E-state index contributed by atoms with van der Waals surface area (Å²) in [6.07, 6.45) is 3.53. The average molecular weight is 412 g/mol. The highest BCUT2D eigenvalue weighted by Gasteiger charge is 2.17. The predicted octanol–water partition coefficient (Wildman–Crippen LogP) is 3.50. The molecule has 0 saturated heterocycles. The van der Waals surface area contributed by atoms with Gasteiger partial charge in [0, 0.05) is 29.9 Å². The van der Waals surface area contributed by atoms with Gasteiger partial charge >= 0.3 is 0 Å². The minimum atomic E-state index is -0.0795. The number of hydrogen-bond donors (Lipinski definition) is 0. The van der Waals surface area contributed by atoms with Crippen LogP contribution in [0.15, 0.2) is 64.5 Å². The predicted molar refractivity (Wildman–Crippen MR) is 111 cm³/mol. The van der Waals surface area contributed by atoms with Crippen LogP contribution in [0.2, 0.25) is 0 Å². The molecule has 1 aromatic carbocycles. The Morgan fingerprint density at radius 1 is 1.32 bits per heavy atom. The molecular weight excluding hydrogens is 394 g/mol. The van der Waals surface area contributed by atoms with E-state index in [2.05, 4.69) is 21.8 Å². The molecule has 0 fully saturated rings. The first-order valence-corrected chi connectivity index (χ1v) is 10.3. The molecule has 28 heavy (non-hydrogen) atoms. The van der Waals surface area contributed by atoms with Gasteiger partial charge in [0.15, 0.2) is 15.9 Å². The summed E-state index contributed by atoms with van der Waals surface area (Å²) in [4.78, 5) is 17.4. The number of ether oxygens (including phenoxy) is 1. The second kappa shape index (κ2) is 7.99. The molecule has 142 valence electrons. The van der Waals surface area contributed by atoms with Gasteiger partial charge in [-0.1, -0.05) is 30.0 Å². The monoisotopic (exact) mass is 411 g/mol. The molecule has 0 amide bonds. The van der Waals surface area contributed by atoms with Gasteiger partial charge in [0.05, 0.1) is 18.4 Å². The number of thioether (sulfide) groups is 1. The number of nitrogens with zero attached hydrogens (tertiary/aromatic N) is 5. The lowest BCUT2D eigenvalue weighted by Crippen LogP contribution is -2.12. The maximum Gasteiger partial charge on any atom is 0.258 e. The summed E-state index contributed by atoms with van der Waals surface area (Å²) < 4.78 is 8.98. The largest absolute Gasteiger partial charge is 0.496 e. The molecule has 4 rings (SSSR count). The molecule has 0 aliphatic carbocycles. The molecular formula is C19H17N5O2S2. The minimum Gasteiger partial charge on any atom is -0.496 e. The van der Waals surface area contributed by atoms with Crippen LogP contribution < -0.4 is 10.3 Å². The maximum absolute atomic E-state index is 12.2. The molecule has 0 spiro atoms. The van der Waals surface area contributed by atoms with Crippen LogP contribution in [0.3, 0.4) is 0 Å². The van der Waals surface area contributed by atoms with Crippen molar-refractivity contribution in [3.63, 3.8) is 0 Å². The number of benzene rings is 1. The summed E-state index contributed by atoms with van der Waals surface area (Å²) >= 11 is 2.92. The van der Waals surface area contributed by atoms with E-state index in [0.29, 0.717) is 28.8 Å². The average Bonchev–Trinajstić information content (AvgIpc) is 3.34. The molecule has 0 atom stereocenters. The minimum absolute atomic E-state index is 0.0795. The van der Waals surface area contributed by atoms with Crippen molar-refractivity contribution in [2.45, 2.75) is 17.5 Å². The number of allylic oxidation sites excluding steroid dienone is 1. The molecule has 4 aromatic rings. The molecule has 7 nitrogen and oxygen atoms in total. The number of methoxy groups -OCH3 is 1. The molecule has 0 unspecified atom stereocenters.